The summed E-state index contributed by atoms with van der Waals surface area (Å²) in [5, 5.41) is 4.39. The number of amidine groups is 1. The van der Waals surface area contributed by atoms with Crippen LogP contribution in [-0.2, 0) is 4.84 Å². The Morgan fingerprint density at radius 2 is 2.03 bits per heavy atom. The maximum Gasteiger partial charge on any atom is 0.172 e. The number of ether oxygens (including phenoxy) is 1. The van der Waals surface area contributed by atoms with Gasteiger partial charge in [0.2, 0.25) is 0 Å². The van der Waals surface area contributed by atoms with E-state index >= 15 is 0 Å². The van der Waals surface area contributed by atoms with Gasteiger partial charge in [-0.2, -0.15) is 0 Å². The van der Waals surface area contributed by atoms with Gasteiger partial charge < -0.3 is 19.0 Å². The van der Waals surface area contributed by atoms with Crippen LogP contribution in [0.5, 0.6) is 5.75 Å². The number of piperidine rings is 1. The zero-order valence-electron chi connectivity index (χ0n) is 18.2. The summed E-state index contributed by atoms with van der Waals surface area (Å²) < 4.78 is 21.0. The van der Waals surface area contributed by atoms with Crippen LogP contribution in [0.1, 0.15) is 35.7 Å². The molecule has 3 heterocycles. The van der Waals surface area contributed by atoms with Gasteiger partial charge in [0.15, 0.2) is 5.84 Å². The highest BCUT2D eigenvalue weighted by molar-refractivity contribution is 6.03. The number of fused-ring (bicyclic) bond motifs is 1. The number of methoxy groups -OCH3 is 1. The molecular weight excluding hydrogens is 407 g/mol. The summed E-state index contributed by atoms with van der Waals surface area (Å²) in [5.74, 6) is 1.39. The molecule has 1 fully saturated rings. The second-order valence-corrected chi connectivity index (χ2v) is 8.10. The molecule has 0 spiro atoms. The number of rotatable bonds is 4. The number of imidazole rings is 1. The van der Waals surface area contributed by atoms with E-state index in [4.69, 9.17) is 9.57 Å². The Morgan fingerprint density at radius 1 is 1.19 bits per heavy atom. The first-order valence-corrected chi connectivity index (χ1v) is 10.7. The smallest absolute Gasteiger partial charge is 0.172 e. The van der Waals surface area contributed by atoms with E-state index in [-0.39, 0.29) is 11.9 Å². The molecule has 6 nitrogen and oxygen atoms in total. The molecule has 0 bridgehead atoms. The monoisotopic (exact) mass is 432 g/mol. The summed E-state index contributed by atoms with van der Waals surface area (Å²) in [6.07, 6.45) is 7.84. The summed E-state index contributed by atoms with van der Waals surface area (Å²) in [4.78, 5) is 12.2. The van der Waals surface area contributed by atoms with Crippen LogP contribution in [-0.4, -0.2) is 40.5 Å². The van der Waals surface area contributed by atoms with Crippen LogP contribution in [0, 0.1) is 12.7 Å². The number of benzene rings is 2. The van der Waals surface area contributed by atoms with Gasteiger partial charge in [-0.15, -0.1) is 0 Å². The van der Waals surface area contributed by atoms with E-state index in [1.807, 2.05) is 42.0 Å². The topological polar surface area (TPSA) is 51.9 Å². The Hall–Kier alpha value is -3.61. The van der Waals surface area contributed by atoms with E-state index < -0.39 is 0 Å². The SMILES string of the molecule is COc1cc(/C=C2\CCCN3C2=NOCC3c2ccc(F)cc2)ccc1-n1cnc(C)c1. The number of hydrogen-bond acceptors (Lipinski definition) is 5. The fourth-order valence-corrected chi connectivity index (χ4v) is 4.36. The lowest BCUT2D eigenvalue weighted by molar-refractivity contribution is 0.0575. The van der Waals surface area contributed by atoms with Gasteiger partial charge >= 0.3 is 0 Å². The summed E-state index contributed by atoms with van der Waals surface area (Å²) in [5.41, 5.74) is 5.07. The molecule has 5 rings (SSSR count). The maximum atomic E-state index is 13.4. The Kier molecular flexibility index (Phi) is 5.39. The first-order valence-electron chi connectivity index (χ1n) is 10.7. The molecule has 0 amide bonds. The average Bonchev–Trinajstić information content (AvgIpc) is 3.25. The minimum Gasteiger partial charge on any atom is -0.495 e. The molecule has 3 aromatic rings. The largest absolute Gasteiger partial charge is 0.495 e. The number of oxime groups is 1. The Bertz CT molecular complexity index is 1180. The number of aromatic nitrogens is 2. The molecule has 164 valence electrons. The minimum absolute atomic E-state index is 0.0215. The van der Waals surface area contributed by atoms with Gasteiger partial charge in [-0.1, -0.05) is 23.4 Å². The number of halogens is 1. The summed E-state index contributed by atoms with van der Waals surface area (Å²) in [6.45, 7) is 3.31. The molecule has 1 unspecified atom stereocenters. The van der Waals surface area contributed by atoms with Crippen molar-refractivity contribution in [2.45, 2.75) is 25.8 Å². The van der Waals surface area contributed by atoms with Crippen LogP contribution in [0.2, 0.25) is 0 Å². The molecule has 7 heteroatoms. The molecule has 32 heavy (non-hydrogen) atoms. The Balaban J connectivity index is 1.45. The Morgan fingerprint density at radius 3 is 2.78 bits per heavy atom. The van der Waals surface area contributed by atoms with E-state index in [0.29, 0.717) is 6.61 Å². The summed E-state index contributed by atoms with van der Waals surface area (Å²) in [6, 6.07) is 12.8. The van der Waals surface area contributed by atoms with E-state index in [1.165, 1.54) is 12.1 Å². The van der Waals surface area contributed by atoms with Crippen LogP contribution in [0.15, 0.2) is 65.7 Å². The predicted octanol–water partition coefficient (Wildman–Crippen LogP) is 4.89. The molecule has 1 atom stereocenters. The van der Waals surface area contributed by atoms with Crippen molar-refractivity contribution in [1.82, 2.24) is 14.5 Å². The second-order valence-electron chi connectivity index (χ2n) is 8.10. The van der Waals surface area contributed by atoms with Crippen LogP contribution in [0.3, 0.4) is 0 Å². The van der Waals surface area contributed by atoms with E-state index in [9.17, 15) is 4.39 Å². The lowest BCUT2D eigenvalue weighted by atomic mass is 9.96. The normalized spacial score (nSPS) is 19.3. The average molecular weight is 432 g/mol. The van der Waals surface area contributed by atoms with Gasteiger partial charge in [-0.3, -0.25) is 0 Å². The molecule has 0 N–H and O–H groups in total. The van der Waals surface area contributed by atoms with E-state index in [1.54, 1.807) is 13.4 Å². The molecule has 1 saturated heterocycles. The lowest BCUT2D eigenvalue weighted by Gasteiger charge is -2.40. The van der Waals surface area contributed by atoms with Crippen molar-refractivity contribution in [1.29, 1.82) is 0 Å². The molecule has 0 aliphatic carbocycles. The highest BCUT2D eigenvalue weighted by Gasteiger charge is 2.33. The molecule has 0 saturated carbocycles. The highest BCUT2D eigenvalue weighted by Crippen LogP contribution is 2.33. The third-order valence-corrected chi connectivity index (χ3v) is 5.95. The van der Waals surface area contributed by atoms with Crippen molar-refractivity contribution >= 4 is 11.9 Å². The minimum atomic E-state index is -0.234. The van der Waals surface area contributed by atoms with Crippen molar-refractivity contribution in [2.24, 2.45) is 5.16 Å². The third kappa shape index (κ3) is 3.86. The van der Waals surface area contributed by atoms with Gasteiger partial charge in [-0.25, -0.2) is 9.37 Å². The Labute approximate surface area is 186 Å². The standard InChI is InChI=1S/C25H25FN4O2/c1-17-14-29(16-27-17)22-10-5-18(13-24(22)31-2)12-20-4-3-11-30-23(15-32-28-25(20)30)19-6-8-21(26)9-7-19/h5-10,12-14,16,23H,3-4,11,15H2,1-2H3/b20-12+. The third-order valence-electron chi connectivity index (χ3n) is 5.95. The lowest BCUT2D eigenvalue weighted by Crippen LogP contribution is -2.44. The second kappa shape index (κ2) is 8.49. The van der Waals surface area contributed by atoms with Crippen LogP contribution in [0.25, 0.3) is 11.8 Å². The van der Waals surface area contributed by atoms with Crippen molar-refractivity contribution < 1.29 is 14.0 Å². The van der Waals surface area contributed by atoms with Crippen LogP contribution < -0.4 is 4.74 Å². The van der Waals surface area contributed by atoms with Gasteiger partial charge in [0.25, 0.3) is 0 Å². The quantitative estimate of drug-likeness (QED) is 0.589. The van der Waals surface area contributed by atoms with E-state index in [2.05, 4.69) is 27.2 Å². The van der Waals surface area contributed by atoms with Gasteiger partial charge in [0.1, 0.15) is 18.2 Å². The molecular formula is C25H25FN4O2. The highest BCUT2D eigenvalue weighted by atomic mass is 19.1. The molecule has 2 aromatic carbocycles. The summed E-state index contributed by atoms with van der Waals surface area (Å²) >= 11 is 0. The van der Waals surface area contributed by atoms with Crippen LogP contribution >= 0.6 is 0 Å². The van der Waals surface area contributed by atoms with E-state index in [0.717, 1.165) is 59.1 Å². The zero-order valence-corrected chi connectivity index (χ0v) is 18.2. The van der Waals surface area contributed by atoms with Crippen molar-refractivity contribution in [3.05, 3.63) is 83.2 Å². The molecule has 2 aliphatic heterocycles. The van der Waals surface area contributed by atoms with Crippen LogP contribution in [0.4, 0.5) is 4.39 Å². The molecule has 2 aliphatic rings. The van der Waals surface area contributed by atoms with Crippen molar-refractivity contribution in [3.8, 4) is 11.4 Å². The van der Waals surface area contributed by atoms with Crippen molar-refractivity contribution in [2.75, 3.05) is 20.3 Å². The van der Waals surface area contributed by atoms with Gasteiger partial charge in [0.05, 0.1) is 30.9 Å². The zero-order chi connectivity index (χ0) is 22.1. The van der Waals surface area contributed by atoms with Crippen molar-refractivity contribution in [3.63, 3.8) is 0 Å². The first-order chi connectivity index (χ1) is 15.6. The number of hydrogen-bond donors (Lipinski definition) is 0. The fourth-order valence-electron chi connectivity index (χ4n) is 4.36. The maximum absolute atomic E-state index is 13.4. The van der Waals surface area contributed by atoms with Gasteiger partial charge in [-0.05, 0) is 66.8 Å². The fraction of sp³-hybridized carbons (Fsp3) is 0.280. The molecule has 1 aromatic heterocycles. The number of nitrogens with zero attached hydrogens (tertiary/aromatic N) is 4. The summed E-state index contributed by atoms with van der Waals surface area (Å²) in [7, 11) is 1.67. The number of aryl methyl sites for hydroxylation is 1. The first kappa shape index (κ1) is 20.3. The van der Waals surface area contributed by atoms with Gasteiger partial charge in [0, 0.05) is 12.7 Å². The predicted molar refractivity (Wildman–Crippen MR) is 121 cm³/mol. The molecule has 0 radical (unpaired) electrons.